The van der Waals surface area contributed by atoms with E-state index in [-0.39, 0.29) is 6.03 Å². The Bertz CT molecular complexity index is 453. The molecule has 1 atom stereocenters. The van der Waals surface area contributed by atoms with Crippen molar-refractivity contribution in [3.05, 3.63) is 35.9 Å². The zero-order valence-corrected chi connectivity index (χ0v) is 14.6. The minimum absolute atomic E-state index is 0.0603. The molecule has 1 unspecified atom stereocenters. The molecule has 1 aliphatic rings. The number of rotatable bonds is 7. The van der Waals surface area contributed by atoms with Crippen LogP contribution in [0, 0.1) is 0 Å². The van der Waals surface area contributed by atoms with Gasteiger partial charge >= 0.3 is 6.03 Å². The third-order valence-electron chi connectivity index (χ3n) is 4.76. The van der Waals surface area contributed by atoms with Crippen LogP contribution >= 0.6 is 0 Å². The molecule has 0 bridgehead atoms. The molecule has 1 aromatic rings. The molecule has 1 saturated heterocycles. The van der Waals surface area contributed by atoms with Gasteiger partial charge in [0.05, 0.1) is 0 Å². The first kappa shape index (κ1) is 17.8. The summed E-state index contributed by atoms with van der Waals surface area (Å²) in [5.74, 6) is 0. The quantitative estimate of drug-likeness (QED) is 0.838. The minimum atomic E-state index is 0.0603. The normalized spacial score (nSPS) is 16.8. The molecule has 1 N–H and O–H groups in total. The van der Waals surface area contributed by atoms with Crippen LogP contribution in [0.2, 0.25) is 0 Å². The van der Waals surface area contributed by atoms with Crippen molar-refractivity contribution < 1.29 is 4.79 Å². The van der Waals surface area contributed by atoms with E-state index in [0.29, 0.717) is 6.04 Å². The molecule has 1 aromatic carbocycles. The lowest BCUT2D eigenvalue weighted by Crippen LogP contribution is -2.49. The van der Waals surface area contributed by atoms with Crippen molar-refractivity contribution in [3.63, 3.8) is 0 Å². The van der Waals surface area contributed by atoms with Crippen molar-refractivity contribution in [2.24, 2.45) is 0 Å². The Kier molecular flexibility index (Phi) is 7.40. The average Bonchev–Trinajstić information content (AvgIpc) is 2.61. The zero-order valence-electron chi connectivity index (χ0n) is 14.6. The van der Waals surface area contributed by atoms with Crippen LogP contribution in [0.5, 0.6) is 0 Å². The predicted molar refractivity (Wildman–Crippen MR) is 95.7 cm³/mol. The van der Waals surface area contributed by atoms with E-state index in [1.807, 2.05) is 18.7 Å². The van der Waals surface area contributed by atoms with Crippen LogP contribution in [0.25, 0.3) is 0 Å². The summed E-state index contributed by atoms with van der Waals surface area (Å²) in [7, 11) is 0. The largest absolute Gasteiger partial charge is 0.336 e. The van der Waals surface area contributed by atoms with Crippen molar-refractivity contribution in [3.8, 4) is 0 Å². The van der Waals surface area contributed by atoms with Gasteiger partial charge in [0, 0.05) is 25.7 Å². The minimum Gasteiger partial charge on any atom is -0.336 e. The third-order valence-corrected chi connectivity index (χ3v) is 4.76. The number of nitrogens with one attached hydrogen (secondary N) is 1. The molecule has 1 heterocycles. The molecule has 4 nitrogen and oxygen atoms in total. The Morgan fingerprint density at radius 1 is 1.13 bits per heavy atom. The number of hydrogen-bond donors (Lipinski definition) is 1. The molecule has 4 heteroatoms. The lowest BCUT2D eigenvalue weighted by Gasteiger charge is -2.35. The Hall–Kier alpha value is -1.55. The maximum atomic E-state index is 12.2. The number of amides is 2. The highest BCUT2D eigenvalue weighted by atomic mass is 16.2. The maximum Gasteiger partial charge on any atom is 0.317 e. The van der Waals surface area contributed by atoms with Gasteiger partial charge < -0.3 is 10.2 Å². The Labute approximate surface area is 140 Å². The van der Waals surface area contributed by atoms with Gasteiger partial charge in [-0.05, 0) is 51.8 Å². The molecule has 0 spiro atoms. The first-order chi connectivity index (χ1) is 11.2. The van der Waals surface area contributed by atoms with E-state index < -0.39 is 0 Å². The summed E-state index contributed by atoms with van der Waals surface area (Å²) in [6.45, 7) is 8.59. The molecule has 128 valence electrons. The Morgan fingerprint density at radius 2 is 1.78 bits per heavy atom. The van der Waals surface area contributed by atoms with Crippen molar-refractivity contribution in [2.45, 2.75) is 45.6 Å². The fraction of sp³-hybridized carbons (Fsp3) is 0.632. The van der Waals surface area contributed by atoms with Crippen LogP contribution in [0.15, 0.2) is 30.3 Å². The van der Waals surface area contributed by atoms with Crippen molar-refractivity contribution in [1.82, 2.24) is 15.1 Å². The second-order valence-electron chi connectivity index (χ2n) is 6.30. The second kappa shape index (κ2) is 9.56. The highest BCUT2D eigenvalue weighted by Crippen LogP contribution is 2.15. The van der Waals surface area contributed by atoms with Crippen LogP contribution in [0.1, 0.15) is 38.7 Å². The fourth-order valence-corrected chi connectivity index (χ4v) is 3.33. The topological polar surface area (TPSA) is 35.6 Å². The number of benzene rings is 1. The fourth-order valence-electron chi connectivity index (χ4n) is 3.33. The molecular weight excluding hydrogens is 286 g/mol. The van der Waals surface area contributed by atoms with Gasteiger partial charge in [-0.3, -0.25) is 4.90 Å². The summed E-state index contributed by atoms with van der Waals surface area (Å²) in [5.41, 5.74) is 1.35. The highest BCUT2D eigenvalue weighted by Gasteiger charge is 2.22. The van der Waals surface area contributed by atoms with E-state index in [1.54, 1.807) is 0 Å². The number of carbonyl (C=O) groups is 1. The first-order valence-electron chi connectivity index (χ1n) is 9.05. The summed E-state index contributed by atoms with van der Waals surface area (Å²) in [5, 5.41) is 3.15. The number of nitrogens with zero attached hydrogens (tertiary/aromatic N) is 2. The predicted octanol–water partition coefficient (Wildman–Crippen LogP) is 3.14. The summed E-state index contributed by atoms with van der Waals surface area (Å²) < 4.78 is 0. The molecule has 1 aliphatic heterocycles. The van der Waals surface area contributed by atoms with Gasteiger partial charge in [-0.2, -0.15) is 0 Å². The van der Waals surface area contributed by atoms with Gasteiger partial charge in [0.15, 0.2) is 0 Å². The zero-order chi connectivity index (χ0) is 16.5. The van der Waals surface area contributed by atoms with E-state index in [2.05, 4.69) is 40.5 Å². The van der Waals surface area contributed by atoms with Gasteiger partial charge in [0.2, 0.25) is 0 Å². The standard InChI is InChI=1S/C19H31N3O/c1-3-21(4-2)19(23)20-16-18(22-13-9-6-10-14-22)15-17-11-7-5-8-12-17/h5,7-8,11-12,18H,3-4,6,9-10,13-16H2,1-2H3,(H,20,23). The van der Waals surface area contributed by atoms with E-state index in [4.69, 9.17) is 0 Å². The Morgan fingerprint density at radius 3 is 2.39 bits per heavy atom. The molecule has 0 aromatic heterocycles. The van der Waals surface area contributed by atoms with Crippen molar-refractivity contribution in [2.75, 3.05) is 32.7 Å². The second-order valence-corrected chi connectivity index (χ2v) is 6.30. The van der Waals surface area contributed by atoms with E-state index in [0.717, 1.165) is 39.1 Å². The van der Waals surface area contributed by atoms with E-state index in [1.165, 1.54) is 24.8 Å². The number of hydrogen-bond acceptors (Lipinski definition) is 2. The molecule has 2 amide bonds. The number of urea groups is 1. The van der Waals surface area contributed by atoms with Crippen LogP contribution in [0.3, 0.4) is 0 Å². The van der Waals surface area contributed by atoms with E-state index >= 15 is 0 Å². The number of carbonyl (C=O) groups excluding carboxylic acids is 1. The van der Waals surface area contributed by atoms with Gasteiger partial charge in [0.1, 0.15) is 0 Å². The van der Waals surface area contributed by atoms with Gasteiger partial charge in [-0.15, -0.1) is 0 Å². The number of piperidine rings is 1. The van der Waals surface area contributed by atoms with Gasteiger partial charge in [-0.25, -0.2) is 4.79 Å². The lowest BCUT2D eigenvalue weighted by molar-refractivity contribution is 0.154. The Balaban J connectivity index is 1.96. The molecular formula is C19H31N3O. The number of likely N-dealkylation sites (tertiary alicyclic amines) is 1. The van der Waals surface area contributed by atoms with Gasteiger partial charge in [-0.1, -0.05) is 36.8 Å². The molecule has 0 radical (unpaired) electrons. The van der Waals surface area contributed by atoms with Crippen LogP contribution in [-0.2, 0) is 6.42 Å². The summed E-state index contributed by atoms with van der Waals surface area (Å²) in [4.78, 5) is 16.6. The van der Waals surface area contributed by atoms with Crippen molar-refractivity contribution in [1.29, 1.82) is 0 Å². The summed E-state index contributed by atoms with van der Waals surface area (Å²) >= 11 is 0. The SMILES string of the molecule is CCN(CC)C(=O)NCC(Cc1ccccc1)N1CCCCC1. The molecule has 2 rings (SSSR count). The summed E-state index contributed by atoms with van der Waals surface area (Å²) in [6.07, 6.45) is 4.88. The molecule has 1 fully saturated rings. The maximum absolute atomic E-state index is 12.2. The average molecular weight is 317 g/mol. The van der Waals surface area contributed by atoms with Gasteiger partial charge in [0.25, 0.3) is 0 Å². The van der Waals surface area contributed by atoms with E-state index in [9.17, 15) is 4.79 Å². The smallest absolute Gasteiger partial charge is 0.317 e. The molecule has 23 heavy (non-hydrogen) atoms. The van der Waals surface area contributed by atoms with Crippen LogP contribution in [-0.4, -0.2) is 54.6 Å². The molecule has 0 saturated carbocycles. The van der Waals surface area contributed by atoms with Crippen LogP contribution < -0.4 is 5.32 Å². The summed E-state index contributed by atoms with van der Waals surface area (Å²) in [6, 6.07) is 11.1. The monoisotopic (exact) mass is 317 g/mol. The highest BCUT2D eigenvalue weighted by molar-refractivity contribution is 5.74. The first-order valence-corrected chi connectivity index (χ1v) is 9.05. The molecule has 0 aliphatic carbocycles. The third kappa shape index (κ3) is 5.54. The van der Waals surface area contributed by atoms with Crippen LogP contribution in [0.4, 0.5) is 4.79 Å². The lowest BCUT2D eigenvalue weighted by atomic mass is 10.0. The van der Waals surface area contributed by atoms with Crippen molar-refractivity contribution >= 4 is 6.03 Å².